The first kappa shape index (κ1) is 85.7. The molecule has 0 spiro atoms. The fraction of sp³-hybridized carbons (Fsp3) is 0.586. The molecule has 0 amide bonds. The van der Waals surface area contributed by atoms with Gasteiger partial charge in [0, 0.05) is 76.6 Å². The number of piperidine rings is 2. The monoisotopic (exact) mass is 1370 g/mol. The van der Waals surface area contributed by atoms with Gasteiger partial charge in [-0.05, 0) is 241 Å². The standard InChI is InChI=1S/2C16H25NO.C15H23FN2.C15H25NO.C13H21N.C12H18FN/c1-12(2)15-8-7-13(10-16(15)18-4)14-6-5-9-17(3)11-14;1-13(2)15-8-7-14(11-16(15)18-3)12-17-9-5-4-6-10-17;1-12(2)13-4-5-14(15(16)10-13)11-18-8-6-17(3)7-9-18;1-6-16(7-2)11-13-8-9-14(12(3)4)15(10-13)17-5;1-10(2)13-7-6-12(8-11(13)3)9-14(4)5;1-9(2)10-5-6-11(8-14(3)4)12(13)7-10/h7-8,10,12,14H,5-6,9,11H2,1-4H3;7-8,11,13H,4-6,9-10,12H2,1-3H3;4-5,10,12H,6-9,11H2,1-3H3;8-10,12H,6-7,11H2,1-5H3;6-8,10H,9H2,1-5H3;5-7,9H,8H2,1-4H3. The van der Waals surface area contributed by atoms with E-state index in [-0.39, 0.29) is 11.6 Å². The predicted molar refractivity (Wildman–Crippen MR) is 420 cm³/mol. The molecule has 10 nitrogen and oxygen atoms in total. The van der Waals surface area contributed by atoms with E-state index < -0.39 is 0 Å². The molecule has 0 bridgehead atoms. The van der Waals surface area contributed by atoms with Crippen LogP contribution in [-0.2, 0) is 32.7 Å². The summed E-state index contributed by atoms with van der Waals surface area (Å²) in [6, 6.07) is 38.1. The normalized spacial score (nSPS) is 15.5. The Morgan fingerprint density at radius 2 is 0.869 bits per heavy atom. The van der Waals surface area contributed by atoms with Crippen LogP contribution >= 0.6 is 0 Å². The largest absolute Gasteiger partial charge is 0.496 e. The first-order chi connectivity index (χ1) is 47.0. The molecule has 3 heterocycles. The van der Waals surface area contributed by atoms with Crippen molar-refractivity contribution >= 4 is 0 Å². The smallest absolute Gasteiger partial charge is 0.127 e. The summed E-state index contributed by atoms with van der Waals surface area (Å²) >= 11 is 0. The summed E-state index contributed by atoms with van der Waals surface area (Å²) < 4.78 is 44.1. The van der Waals surface area contributed by atoms with E-state index in [1.165, 1.54) is 108 Å². The van der Waals surface area contributed by atoms with E-state index in [2.05, 4.69) is 240 Å². The number of piperazine rings is 1. The molecule has 12 heteroatoms. The van der Waals surface area contributed by atoms with Crippen molar-refractivity contribution in [1.29, 1.82) is 0 Å². The maximum Gasteiger partial charge on any atom is 0.127 e. The van der Waals surface area contributed by atoms with Crippen molar-refractivity contribution < 1.29 is 23.0 Å². The summed E-state index contributed by atoms with van der Waals surface area (Å²) in [4.78, 5) is 16.2. The minimum absolute atomic E-state index is 0.0554. The van der Waals surface area contributed by atoms with Gasteiger partial charge in [0.15, 0.2) is 0 Å². The third kappa shape index (κ3) is 30.0. The molecule has 6 aromatic rings. The molecule has 0 aliphatic carbocycles. The Morgan fingerprint density at radius 1 is 0.424 bits per heavy atom. The molecular formula is C87H137F2N7O3. The lowest BCUT2D eigenvalue weighted by atomic mass is 9.89. The summed E-state index contributed by atoms with van der Waals surface area (Å²) in [6.07, 6.45) is 6.69. The Bertz CT molecular complexity index is 3230. The number of hydrogen-bond acceptors (Lipinski definition) is 10. The Labute approximate surface area is 603 Å². The molecule has 1 unspecified atom stereocenters. The minimum atomic E-state index is -0.0927. The lowest BCUT2D eigenvalue weighted by Gasteiger charge is -2.32. The van der Waals surface area contributed by atoms with Gasteiger partial charge < -0.3 is 33.8 Å². The zero-order valence-corrected chi connectivity index (χ0v) is 66.7. The van der Waals surface area contributed by atoms with E-state index in [0.29, 0.717) is 48.0 Å². The topological polar surface area (TPSA) is 50.4 Å². The van der Waals surface area contributed by atoms with Crippen LogP contribution < -0.4 is 14.2 Å². The first-order valence-corrected chi connectivity index (χ1v) is 37.5. The third-order valence-corrected chi connectivity index (χ3v) is 19.4. The van der Waals surface area contributed by atoms with E-state index in [0.717, 1.165) is 105 Å². The molecular weight excluding hydrogens is 1230 g/mol. The van der Waals surface area contributed by atoms with Crippen LogP contribution in [0.1, 0.15) is 243 Å². The molecule has 6 aromatic carbocycles. The number of aryl methyl sites for hydroxylation is 1. The van der Waals surface area contributed by atoms with E-state index >= 15 is 0 Å². The third-order valence-electron chi connectivity index (χ3n) is 19.4. The molecule has 3 aliphatic rings. The van der Waals surface area contributed by atoms with E-state index in [1.807, 2.05) is 37.2 Å². The highest BCUT2D eigenvalue weighted by Gasteiger charge is 2.22. The number of ether oxygens (including phenoxy) is 3. The molecule has 99 heavy (non-hydrogen) atoms. The fourth-order valence-electron chi connectivity index (χ4n) is 13.2. The number of methoxy groups -OCH3 is 3. The molecule has 552 valence electrons. The van der Waals surface area contributed by atoms with E-state index in [9.17, 15) is 8.78 Å². The molecule has 0 saturated carbocycles. The highest BCUT2D eigenvalue weighted by atomic mass is 19.1. The molecule has 1 atom stereocenters. The summed E-state index contributed by atoms with van der Waals surface area (Å²) in [5.41, 5.74) is 16.0. The second-order valence-corrected chi connectivity index (χ2v) is 30.4. The van der Waals surface area contributed by atoms with Gasteiger partial charge >= 0.3 is 0 Å². The first-order valence-electron chi connectivity index (χ1n) is 37.5. The Morgan fingerprint density at radius 3 is 1.31 bits per heavy atom. The van der Waals surface area contributed by atoms with Gasteiger partial charge in [-0.1, -0.05) is 182 Å². The zero-order valence-electron chi connectivity index (χ0n) is 66.7. The van der Waals surface area contributed by atoms with Gasteiger partial charge in [-0.25, -0.2) is 8.78 Å². The second kappa shape index (κ2) is 44.6. The number of hydrogen-bond donors (Lipinski definition) is 0. The molecule has 3 fully saturated rings. The van der Waals surface area contributed by atoms with Crippen molar-refractivity contribution in [2.24, 2.45) is 0 Å². The van der Waals surface area contributed by atoms with Gasteiger partial charge in [-0.15, -0.1) is 0 Å². The van der Waals surface area contributed by atoms with Crippen LogP contribution in [0.25, 0.3) is 0 Å². The highest BCUT2D eigenvalue weighted by Crippen LogP contribution is 2.34. The van der Waals surface area contributed by atoms with Crippen LogP contribution in [0.5, 0.6) is 17.2 Å². The van der Waals surface area contributed by atoms with E-state index in [1.54, 1.807) is 33.5 Å². The zero-order chi connectivity index (χ0) is 73.5. The number of likely N-dealkylation sites (tertiary alicyclic amines) is 2. The van der Waals surface area contributed by atoms with Crippen molar-refractivity contribution in [3.63, 3.8) is 0 Å². The van der Waals surface area contributed by atoms with Gasteiger partial charge in [-0.3, -0.25) is 14.7 Å². The molecule has 9 rings (SSSR count). The van der Waals surface area contributed by atoms with Gasteiger partial charge in [-0.2, -0.15) is 0 Å². The fourth-order valence-corrected chi connectivity index (χ4v) is 13.2. The Hall–Kier alpha value is -5.70. The molecule has 0 N–H and O–H groups in total. The number of nitrogens with zero attached hydrogens (tertiary/aromatic N) is 7. The maximum absolute atomic E-state index is 14.0. The summed E-state index contributed by atoms with van der Waals surface area (Å²) in [7, 11) is 17.7. The SMILES string of the molecule is CC(C)c1ccc(CN(C)C)c(F)c1.CC(C)c1ccc(CN2CCN(C)CC2)c(F)c1.CCN(CC)Cc1ccc(C(C)C)c(OC)c1.COc1cc(C2CCCN(C)C2)ccc1C(C)C.COc1cc(CN2CCCCC2)ccc1C(C)C.Cc1cc(CN(C)C)ccc1C(C)C. The lowest BCUT2D eigenvalue weighted by molar-refractivity contribution is 0.147. The van der Waals surface area contributed by atoms with Crippen molar-refractivity contribution in [1.82, 2.24) is 34.3 Å². The van der Waals surface area contributed by atoms with Gasteiger partial charge in [0.1, 0.15) is 28.9 Å². The number of halogens is 2. The average molecular weight is 1370 g/mol. The highest BCUT2D eigenvalue weighted by molar-refractivity contribution is 5.42. The Kier molecular flexibility index (Phi) is 38.6. The number of benzene rings is 6. The maximum atomic E-state index is 14.0. The summed E-state index contributed by atoms with van der Waals surface area (Å²) in [6.45, 7) is 48.4. The van der Waals surface area contributed by atoms with Crippen LogP contribution in [0.15, 0.2) is 109 Å². The minimum Gasteiger partial charge on any atom is -0.496 e. The van der Waals surface area contributed by atoms with Gasteiger partial charge in [0.05, 0.1) is 21.3 Å². The second-order valence-electron chi connectivity index (χ2n) is 30.4. The average Bonchev–Trinajstić information content (AvgIpc) is 0.867. The van der Waals surface area contributed by atoms with Crippen molar-refractivity contribution in [3.8, 4) is 17.2 Å². The van der Waals surface area contributed by atoms with Crippen molar-refractivity contribution in [3.05, 3.63) is 193 Å². The summed E-state index contributed by atoms with van der Waals surface area (Å²) in [5, 5.41) is 0. The molecule has 3 saturated heterocycles. The Balaban J connectivity index is 0.000000253. The van der Waals surface area contributed by atoms with Gasteiger partial charge in [0.2, 0.25) is 0 Å². The molecule has 0 aromatic heterocycles. The molecule has 3 aliphatic heterocycles. The number of likely N-dealkylation sites (N-methyl/N-ethyl adjacent to an activating group) is 2. The lowest BCUT2D eigenvalue weighted by Crippen LogP contribution is -2.44. The predicted octanol–water partition coefficient (Wildman–Crippen LogP) is 20.0. The summed E-state index contributed by atoms with van der Waals surface area (Å²) in [5.74, 6) is 6.57. The van der Waals surface area contributed by atoms with Crippen LogP contribution in [0, 0.1) is 18.6 Å². The quantitative estimate of drug-likeness (QED) is 0.0657. The van der Waals surface area contributed by atoms with Crippen LogP contribution in [-0.4, -0.2) is 163 Å². The van der Waals surface area contributed by atoms with E-state index in [4.69, 9.17) is 14.2 Å². The molecule has 0 radical (unpaired) electrons. The van der Waals surface area contributed by atoms with Gasteiger partial charge in [0.25, 0.3) is 0 Å². The van der Waals surface area contributed by atoms with Crippen LogP contribution in [0.4, 0.5) is 8.78 Å². The van der Waals surface area contributed by atoms with Crippen LogP contribution in [0.2, 0.25) is 0 Å². The van der Waals surface area contributed by atoms with Crippen molar-refractivity contribution in [2.45, 2.75) is 210 Å². The number of rotatable bonds is 22. The van der Waals surface area contributed by atoms with Crippen molar-refractivity contribution in [2.75, 3.05) is 129 Å². The van der Waals surface area contributed by atoms with Crippen LogP contribution in [0.3, 0.4) is 0 Å².